The molecule has 0 unspecified atom stereocenters. The van der Waals surface area contributed by atoms with Gasteiger partial charge in [-0.2, -0.15) is 0 Å². The van der Waals surface area contributed by atoms with Gasteiger partial charge in [0.05, 0.1) is 10.2 Å². The van der Waals surface area contributed by atoms with Crippen LogP contribution in [0.25, 0.3) is 10.2 Å². The zero-order valence-electron chi connectivity index (χ0n) is 14.8. The number of carbonyl (C=O) groups excluding carboxylic acids is 1. The van der Waals surface area contributed by atoms with E-state index < -0.39 is 0 Å². The molecule has 3 rings (SSSR count). The number of carbonyl (C=O) groups is 1. The molecule has 0 aliphatic carbocycles. The van der Waals surface area contributed by atoms with Gasteiger partial charge in [-0.1, -0.05) is 35.6 Å². The number of thiazole rings is 1. The number of hydrogen-bond acceptors (Lipinski definition) is 4. The number of hydrogen-bond donors (Lipinski definition) is 1. The van der Waals surface area contributed by atoms with Gasteiger partial charge >= 0.3 is 6.03 Å². The van der Waals surface area contributed by atoms with Crippen LogP contribution < -0.4 is 5.32 Å². The van der Waals surface area contributed by atoms with Crippen molar-refractivity contribution in [2.75, 3.05) is 32.5 Å². The first-order valence-corrected chi connectivity index (χ1v) is 9.13. The zero-order valence-corrected chi connectivity index (χ0v) is 15.6. The van der Waals surface area contributed by atoms with Crippen LogP contribution >= 0.6 is 11.3 Å². The van der Waals surface area contributed by atoms with Gasteiger partial charge in [0.1, 0.15) is 5.82 Å². The summed E-state index contributed by atoms with van der Waals surface area (Å²) in [5.41, 5.74) is 1.75. The summed E-state index contributed by atoms with van der Waals surface area (Å²) in [4.78, 5) is 20.9. The molecule has 5 nitrogen and oxygen atoms in total. The molecule has 0 saturated heterocycles. The number of fused-ring (bicyclic) bond motifs is 1. The Balaban J connectivity index is 1.73. The summed E-state index contributed by atoms with van der Waals surface area (Å²) in [6, 6.07) is 13.8. The van der Waals surface area contributed by atoms with Crippen molar-refractivity contribution < 1.29 is 9.18 Å². The molecule has 3 aromatic rings. The normalized spacial score (nSPS) is 11.1. The number of nitrogens with zero attached hydrogens (tertiary/aromatic N) is 3. The Labute approximate surface area is 156 Å². The average molecular weight is 372 g/mol. The molecule has 7 heteroatoms. The van der Waals surface area contributed by atoms with Gasteiger partial charge in [0.15, 0.2) is 5.13 Å². The molecule has 0 spiro atoms. The topological polar surface area (TPSA) is 48.5 Å². The lowest BCUT2D eigenvalue weighted by Gasteiger charge is -2.24. The predicted molar refractivity (Wildman–Crippen MR) is 104 cm³/mol. The predicted octanol–water partition coefficient (Wildman–Crippen LogP) is 4.03. The summed E-state index contributed by atoms with van der Waals surface area (Å²) < 4.78 is 14.1. The quantitative estimate of drug-likeness (QED) is 0.711. The number of nitrogens with one attached hydrogen (secondary N) is 1. The van der Waals surface area contributed by atoms with Crippen molar-refractivity contribution in [1.82, 2.24) is 14.8 Å². The maximum Gasteiger partial charge on any atom is 0.323 e. The number of likely N-dealkylation sites (N-methyl/N-ethyl adjacent to an activating group) is 1. The van der Waals surface area contributed by atoms with Crippen LogP contribution in [0.2, 0.25) is 0 Å². The average Bonchev–Trinajstić information content (AvgIpc) is 3.02. The Morgan fingerprint density at radius 3 is 2.54 bits per heavy atom. The van der Waals surface area contributed by atoms with Gasteiger partial charge < -0.3 is 9.80 Å². The van der Waals surface area contributed by atoms with Crippen LogP contribution in [0.1, 0.15) is 5.56 Å². The molecule has 1 aromatic heterocycles. The molecule has 1 heterocycles. The number of benzene rings is 2. The number of amides is 2. The summed E-state index contributed by atoms with van der Waals surface area (Å²) in [5, 5.41) is 3.46. The van der Waals surface area contributed by atoms with Crippen LogP contribution in [-0.2, 0) is 6.54 Å². The molecule has 0 saturated carbocycles. The molecule has 0 bridgehead atoms. The van der Waals surface area contributed by atoms with E-state index >= 15 is 0 Å². The van der Waals surface area contributed by atoms with E-state index in [0.29, 0.717) is 18.2 Å². The summed E-state index contributed by atoms with van der Waals surface area (Å²) in [7, 11) is 3.92. The van der Waals surface area contributed by atoms with Crippen LogP contribution in [0.15, 0.2) is 48.5 Å². The molecule has 0 aliphatic heterocycles. The fraction of sp³-hybridized carbons (Fsp3) is 0.263. The first-order valence-electron chi connectivity index (χ1n) is 8.32. The number of urea groups is 1. The molecule has 2 amide bonds. The van der Waals surface area contributed by atoms with Gasteiger partial charge in [0.25, 0.3) is 0 Å². The van der Waals surface area contributed by atoms with E-state index in [-0.39, 0.29) is 11.8 Å². The maximum absolute atomic E-state index is 13.1. The van der Waals surface area contributed by atoms with E-state index in [2.05, 4.69) is 10.3 Å². The fourth-order valence-electron chi connectivity index (χ4n) is 2.48. The number of aromatic nitrogens is 1. The summed E-state index contributed by atoms with van der Waals surface area (Å²) in [5.74, 6) is -0.285. The Morgan fingerprint density at radius 1 is 1.12 bits per heavy atom. The smallest absolute Gasteiger partial charge is 0.319 e. The highest BCUT2D eigenvalue weighted by molar-refractivity contribution is 7.22. The molecule has 0 atom stereocenters. The Bertz CT molecular complexity index is 846. The van der Waals surface area contributed by atoms with Crippen molar-refractivity contribution in [3.8, 4) is 0 Å². The molecule has 26 heavy (non-hydrogen) atoms. The van der Waals surface area contributed by atoms with Crippen LogP contribution in [0.5, 0.6) is 0 Å². The largest absolute Gasteiger partial charge is 0.323 e. The van der Waals surface area contributed by atoms with Gasteiger partial charge in [-0.3, -0.25) is 5.32 Å². The molecule has 0 fully saturated rings. The SMILES string of the molecule is CN(C)CCN(Cc1ccc(F)cc1)C(=O)Nc1nc2ccccc2s1. The molecular formula is C19H21FN4OS. The van der Waals surface area contributed by atoms with Gasteiger partial charge in [0.2, 0.25) is 0 Å². The first-order chi connectivity index (χ1) is 12.5. The maximum atomic E-state index is 13.1. The lowest BCUT2D eigenvalue weighted by Crippen LogP contribution is -2.39. The first kappa shape index (κ1) is 18.3. The minimum absolute atomic E-state index is 0.213. The van der Waals surface area contributed by atoms with E-state index in [1.165, 1.54) is 23.5 Å². The van der Waals surface area contributed by atoms with Gasteiger partial charge in [0, 0.05) is 19.6 Å². The molecule has 136 valence electrons. The number of anilines is 1. The van der Waals surface area contributed by atoms with Gasteiger partial charge in [-0.15, -0.1) is 0 Å². The molecule has 0 aliphatic rings. The van der Waals surface area contributed by atoms with Crippen molar-refractivity contribution in [2.24, 2.45) is 0 Å². The number of halogens is 1. The number of para-hydroxylation sites is 1. The van der Waals surface area contributed by atoms with Crippen LogP contribution in [0, 0.1) is 5.82 Å². The number of rotatable bonds is 6. The third-order valence-corrected chi connectivity index (χ3v) is 4.85. The molecule has 2 aromatic carbocycles. The summed E-state index contributed by atoms with van der Waals surface area (Å²) in [6.07, 6.45) is 0. The molecule has 1 N–H and O–H groups in total. The highest BCUT2D eigenvalue weighted by Crippen LogP contribution is 2.25. The lowest BCUT2D eigenvalue weighted by atomic mass is 10.2. The minimum Gasteiger partial charge on any atom is -0.319 e. The summed E-state index contributed by atoms with van der Waals surface area (Å²) >= 11 is 1.45. The second kappa shape index (κ2) is 8.25. The van der Waals surface area contributed by atoms with Crippen LogP contribution in [0.3, 0.4) is 0 Å². The highest BCUT2D eigenvalue weighted by atomic mass is 32.1. The summed E-state index contributed by atoms with van der Waals surface area (Å²) in [6.45, 7) is 1.69. The monoisotopic (exact) mass is 372 g/mol. The second-order valence-electron chi connectivity index (χ2n) is 6.27. The van der Waals surface area contributed by atoms with E-state index in [1.54, 1.807) is 17.0 Å². The third-order valence-electron chi connectivity index (χ3n) is 3.90. The Kier molecular flexibility index (Phi) is 5.80. The standard InChI is InChI=1S/C19H21FN4OS/c1-23(2)11-12-24(13-14-7-9-15(20)10-8-14)19(25)22-18-21-16-5-3-4-6-17(16)26-18/h3-10H,11-13H2,1-2H3,(H,21,22,25). The zero-order chi connectivity index (χ0) is 18.5. The van der Waals surface area contributed by atoms with Crippen molar-refractivity contribution in [2.45, 2.75) is 6.54 Å². The Morgan fingerprint density at radius 2 is 1.85 bits per heavy atom. The highest BCUT2D eigenvalue weighted by Gasteiger charge is 2.16. The minimum atomic E-state index is -0.285. The van der Waals surface area contributed by atoms with Crippen LogP contribution in [0.4, 0.5) is 14.3 Å². The fourth-order valence-corrected chi connectivity index (χ4v) is 3.34. The molecular weight excluding hydrogens is 351 g/mol. The van der Waals surface area contributed by atoms with Gasteiger partial charge in [-0.05, 0) is 43.9 Å². The lowest BCUT2D eigenvalue weighted by molar-refractivity contribution is 0.202. The third kappa shape index (κ3) is 4.77. The van der Waals surface area contributed by atoms with Crippen molar-refractivity contribution in [1.29, 1.82) is 0 Å². The van der Waals surface area contributed by atoms with Crippen LogP contribution in [-0.4, -0.2) is 48.0 Å². The van der Waals surface area contributed by atoms with E-state index in [9.17, 15) is 9.18 Å². The van der Waals surface area contributed by atoms with E-state index in [1.807, 2.05) is 43.3 Å². The Hall–Kier alpha value is -2.51. The van der Waals surface area contributed by atoms with Crippen molar-refractivity contribution in [3.63, 3.8) is 0 Å². The molecule has 0 radical (unpaired) electrons. The van der Waals surface area contributed by atoms with E-state index in [0.717, 1.165) is 22.3 Å². The van der Waals surface area contributed by atoms with Gasteiger partial charge in [-0.25, -0.2) is 14.2 Å². The second-order valence-corrected chi connectivity index (χ2v) is 7.30. The van der Waals surface area contributed by atoms with E-state index in [4.69, 9.17) is 0 Å². The van der Waals surface area contributed by atoms with Crippen molar-refractivity contribution >= 4 is 32.7 Å². The van der Waals surface area contributed by atoms with Crippen molar-refractivity contribution in [3.05, 3.63) is 59.9 Å².